The molecule has 2 heterocycles. The molecule has 0 bridgehead atoms. The number of halogens is 3. The Morgan fingerprint density at radius 2 is 1.76 bits per heavy atom. The summed E-state index contributed by atoms with van der Waals surface area (Å²) in [6.07, 6.45) is -3.30. The van der Waals surface area contributed by atoms with Crippen molar-refractivity contribution in [3.05, 3.63) is 47.3 Å². The molecule has 0 radical (unpaired) electrons. The molecule has 0 atom stereocenters. The smallest absolute Gasteiger partial charge is 0.490 e. The number of benzene rings is 1. The molecule has 0 aliphatic carbocycles. The Morgan fingerprint density at radius 3 is 2.29 bits per heavy atom. The van der Waals surface area contributed by atoms with Crippen molar-refractivity contribution in [1.82, 2.24) is 9.88 Å². The van der Waals surface area contributed by atoms with Crippen LogP contribution in [0.4, 0.5) is 18.9 Å². The van der Waals surface area contributed by atoms with Gasteiger partial charge in [0.1, 0.15) is 5.75 Å². The first-order valence-electron chi connectivity index (χ1n) is 10.6. The van der Waals surface area contributed by atoms with E-state index in [0.29, 0.717) is 23.7 Å². The van der Waals surface area contributed by atoms with Gasteiger partial charge in [0, 0.05) is 25.2 Å². The number of carboxylic acids is 1. The number of fused-ring (bicyclic) bond motifs is 1. The van der Waals surface area contributed by atoms with Crippen LogP contribution in [0.3, 0.4) is 0 Å². The Kier molecular flexibility index (Phi) is 9.28. The minimum Gasteiger partial charge on any atom is -0.494 e. The van der Waals surface area contributed by atoms with Gasteiger partial charge in [-0.3, -0.25) is 9.71 Å². The van der Waals surface area contributed by atoms with E-state index in [0.717, 1.165) is 43.7 Å². The Bertz CT molecular complexity index is 1090. The van der Waals surface area contributed by atoms with Gasteiger partial charge in [-0.05, 0) is 62.7 Å². The van der Waals surface area contributed by atoms with Crippen LogP contribution in [0.1, 0.15) is 30.8 Å². The van der Waals surface area contributed by atoms with Gasteiger partial charge in [0.15, 0.2) is 0 Å². The Balaban J connectivity index is 0.000000509. The number of likely N-dealkylation sites (N-methyl/N-ethyl adjacent to an activating group) is 1. The van der Waals surface area contributed by atoms with Gasteiger partial charge in [-0.25, -0.2) is 13.2 Å². The summed E-state index contributed by atoms with van der Waals surface area (Å²) in [6.45, 7) is 9.42. The van der Waals surface area contributed by atoms with E-state index < -0.39 is 22.2 Å². The number of ether oxygens (including phenoxy) is 1. The van der Waals surface area contributed by atoms with E-state index >= 15 is 0 Å². The predicted octanol–water partition coefficient (Wildman–Crippen LogP) is 3.64. The molecule has 12 heteroatoms. The second kappa shape index (κ2) is 11.5. The fraction of sp³-hybridized carbons (Fsp3) is 0.455. The third-order valence-corrected chi connectivity index (χ3v) is 6.50. The second-order valence-electron chi connectivity index (χ2n) is 7.47. The van der Waals surface area contributed by atoms with E-state index in [9.17, 15) is 21.6 Å². The van der Waals surface area contributed by atoms with Crippen molar-refractivity contribution >= 4 is 21.7 Å². The molecule has 0 amide bonds. The molecule has 34 heavy (non-hydrogen) atoms. The number of alkyl halides is 3. The standard InChI is InChI=1S/C20H27N3O3S.C2HF3O2/c1-4-23-12-10-16-14-20(15(3)21-19(16)11-13-23)22-27(24,25)18-8-6-17(7-9-18)26-5-2;3-2(4,5)1(6)7/h6-9,14,22H,4-5,10-13H2,1-3H3;(H,6,7). The summed E-state index contributed by atoms with van der Waals surface area (Å²) in [5, 5.41) is 7.12. The maximum Gasteiger partial charge on any atom is 0.490 e. The summed E-state index contributed by atoms with van der Waals surface area (Å²) in [6, 6.07) is 8.39. The molecule has 0 spiro atoms. The summed E-state index contributed by atoms with van der Waals surface area (Å²) in [4.78, 5) is 16.2. The zero-order chi connectivity index (χ0) is 25.5. The monoisotopic (exact) mass is 503 g/mol. The highest BCUT2D eigenvalue weighted by Gasteiger charge is 2.38. The van der Waals surface area contributed by atoms with Gasteiger partial charge in [0.2, 0.25) is 0 Å². The maximum absolute atomic E-state index is 12.8. The molecule has 2 N–H and O–H groups in total. The highest BCUT2D eigenvalue weighted by molar-refractivity contribution is 7.92. The summed E-state index contributed by atoms with van der Waals surface area (Å²) in [5.41, 5.74) is 3.45. The number of pyridine rings is 1. The van der Waals surface area contributed by atoms with Crippen LogP contribution >= 0.6 is 0 Å². The maximum atomic E-state index is 12.8. The number of rotatable bonds is 6. The molecule has 8 nitrogen and oxygen atoms in total. The molecule has 1 aromatic heterocycles. The van der Waals surface area contributed by atoms with Gasteiger partial charge < -0.3 is 14.7 Å². The number of anilines is 1. The third kappa shape index (κ3) is 7.59. The predicted molar refractivity (Wildman–Crippen MR) is 121 cm³/mol. The number of carboxylic acid groups (broad SMARTS) is 1. The number of nitrogens with zero attached hydrogens (tertiary/aromatic N) is 2. The van der Waals surface area contributed by atoms with Gasteiger partial charge in [-0.2, -0.15) is 13.2 Å². The quantitative estimate of drug-likeness (QED) is 0.620. The molecule has 3 rings (SSSR count). The number of carbonyl (C=O) groups is 1. The first-order valence-corrected chi connectivity index (χ1v) is 12.1. The zero-order valence-electron chi connectivity index (χ0n) is 19.1. The van der Waals surface area contributed by atoms with Crippen molar-refractivity contribution in [2.24, 2.45) is 0 Å². The van der Waals surface area contributed by atoms with Crippen LogP contribution in [0.25, 0.3) is 0 Å². The molecule has 0 unspecified atom stereocenters. The van der Waals surface area contributed by atoms with Gasteiger partial charge in [-0.1, -0.05) is 6.92 Å². The van der Waals surface area contributed by atoms with Crippen LogP contribution in [-0.2, 0) is 27.7 Å². The van der Waals surface area contributed by atoms with Crippen LogP contribution in [0, 0.1) is 6.92 Å². The lowest BCUT2D eigenvalue weighted by Crippen LogP contribution is -2.25. The van der Waals surface area contributed by atoms with Crippen molar-refractivity contribution in [2.75, 3.05) is 31.0 Å². The molecule has 1 aliphatic rings. The number of nitrogens with one attached hydrogen (secondary N) is 1. The largest absolute Gasteiger partial charge is 0.494 e. The highest BCUT2D eigenvalue weighted by atomic mass is 32.2. The van der Waals surface area contributed by atoms with Crippen molar-refractivity contribution in [3.8, 4) is 5.75 Å². The van der Waals surface area contributed by atoms with Gasteiger partial charge in [0.05, 0.1) is 22.9 Å². The first kappa shape index (κ1) is 27.4. The highest BCUT2D eigenvalue weighted by Crippen LogP contribution is 2.25. The number of sulfonamides is 1. The lowest BCUT2D eigenvalue weighted by molar-refractivity contribution is -0.192. The Hall–Kier alpha value is -2.86. The SMILES string of the molecule is CCOc1ccc(S(=O)(=O)Nc2cc3c(nc2C)CCN(CC)CC3)cc1.O=C(O)C(F)(F)F. The Morgan fingerprint density at radius 1 is 1.18 bits per heavy atom. The van der Waals surface area contributed by atoms with Gasteiger partial charge in [-0.15, -0.1) is 0 Å². The van der Waals surface area contributed by atoms with Crippen LogP contribution in [0.5, 0.6) is 5.75 Å². The summed E-state index contributed by atoms with van der Waals surface area (Å²) in [5.74, 6) is -2.10. The van der Waals surface area contributed by atoms with Crippen LogP contribution in [0.15, 0.2) is 35.2 Å². The summed E-state index contributed by atoms with van der Waals surface area (Å²) in [7, 11) is -3.67. The number of aryl methyl sites for hydroxylation is 1. The van der Waals surface area contributed by atoms with Crippen molar-refractivity contribution < 1.29 is 36.2 Å². The van der Waals surface area contributed by atoms with E-state index in [-0.39, 0.29) is 4.90 Å². The number of hydrogen-bond donors (Lipinski definition) is 2. The summed E-state index contributed by atoms with van der Waals surface area (Å²) >= 11 is 0. The average molecular weight is 504 g/mol. The van der Waals surface area contributed by atoms with E-state index in [2.05, 4.69) is 21.5 Å². The van der Waals surface area contributed by atoms with E-state index in [1.807, 2.05) is 19.9 Å². The molecular weight excluding hydrogens is 475 g/mol. The lowest BCUT2D eigenvalue weighted by Gasteiger charge is -2.16. The second-order valence-corrected chi connectivity index (χ2v) is 9.16. The van der Waals surface area contributed by atoms with E-state index in [1.54, 1.807) is 24.3 Å². The van der Waals surface area contributed by atoms with Crippen LogP contribution in [0.2, 0.25) is 0 Å². The fourth-order valence-electron chi connectivity index (χ4n) is 3.29. The van der Waals surface area contributed by atoms with Crippen molar-refractivity contribution in [2.45, 2.75) is 44.7 Å². The molecule has 1 aliphatic heterocycles. The molecule has 2 aromatic rings. The van der Waals surface area contributed by atoms with E-state index in [4.69, 9.17) is 14.6 Å². The number of hydrogen-bond acceptors (Lipinski definition) is 6. The topological polar surface area (TPSA) is 109 Å². The zero-order valence-corrected chi connectivity index (χ0v) is 20.0. The Labute approximate surface area is 196 Å². The van der Waals surface area contributed by atoms with Crippen LogP contribution in [-0.4, -0.2) is 61.8 Å². The number of aromatic nitrogens is 1. The lowest BCUT2D eigenvalue weighted by atomic mass is 10.1. The average Bonchev–Trinajstić information content (AvgIpc) is 2.96. The molecule has 0 saturated carbocycles. The first-order chi connectivity index (χ1) is 15.9. The summed E-state index contributed by atoms with van der Waals surface area (Å²) < 4.78 is 65.4. The van der Waals surface area contributed by atoms with Crippen molar-refractivity contribution in [1.29, 1.82) is 0 Å². The molecule has 188 valence electrons. The van der Waals surface area contributed by atoms with Gasteiger partial charge >= 0.3 is 12.1 Å². The number of aliphatic carboxylic acids is 1. The van der Waals surface area contributed by atoms with E-state index in [1.165, 1.54) is 0 Å². The molecule has 0 saturated heterocycles. The minimum absolute atomic E-state index is 0.206. The fourth-order valence-corrected chi connectivity index (χ4v) is 4.40. The molecule has 1 aromatic carbocycles. The molecular formula is C22H28F3N3O5S. The minimum atomic E-state index is -5.08. The third-order valence-electron chi connectivity index (χ3n) is 5.12. The molecule has 0 fully saturated rings. The van der Waals surface area contributed by atoms with Crippen molar-refractivity contribution in [3.63, 3.8) is 0 Å². The van der Waals surface area contributed by atoms with Gasteiger partial charge in [0.25, 0.3) is 10.0 Å². The van der Waals surface area contributed by atoms with Crippen LogP contribution < -0.4 is 9.46 Å². The normalized spacial score (nSPS) is 14.3.